The van der Waals surface area contributed by atoms with E-state index in [1.807, 2.05) is 13.0 Å². The molecule has 5 nitrogen and oxygen atoms in total. The summed E-state index contributed by atoms with van der Waals surface area (Å²) in [5.74, 6) is 0.0108. The van der Waals surface area contributed by atoms with Gasteiger partial charge in [0.15, 0.2) is 0 Å². The minimum Gasteiger partial charge on any atom is -0.346 e. The highest BCUT2D eigenvalue weighted by Gasteiger charge is 2.26. The average molecular weight is 387 g/mol. The van der Waals surface area contributed by atoms with Crippen molar-refractivity contribution in [3.8, 4) is 0 Å². The monoisotopic (exact) mass is 386 g/mol. The maximum Gasteiger partial charge on any atom is 0.251 e. The Bertz CT molecular complexity index is 936. The second-order valence-corrected chi connectivity index (χ2v) is 9.19. The lowest BCUT2D eigenvalue weighted by molar-refractivity contribution is 0.0940. The van der Waals surface area contributed by atoms with Crippen molar-refractivity contribution in [1.29, 1.82) is 0 Å². The largest absolute Gasteiger partial charge is 0.346 e. The van der Waals surface area contributed by atoms with E-state index in [-0.39, 0.29) is 17.7 Å². The summed E-state index contributed by atoms with van der Waals surface area (Å²) in [6, 6.07) is 12.8. The van der Waals surface area contributed by atoms with Crippen molar-refractivity contribution < 1.29 is 13.2 Å². The van der Waals surface area contributed by atoms with Crippen molar-refractivity contribution in [3.63, 3.8) is 0 Å². The number of carbonyl (C=O) groups is 1. The maximum absolute atomic E-state index is 12.6. The number of hydrogen-bond donors (Lipinski definition) is 1. The number of nitrogens with one attached hydrogen (secondary N) is 1. The van der Waals surface area contributed by atoms with Gasteiger partial charge in [-0.3, -0.25) is 9.10 Å². The molecule has 2 aromatic rings. The zero-order valence-corrected chi connectivity index (χ0v) is 16.8. The smallest absolute Gasteiger partial charge is 0.251 e. The molecule has 1 amide bonds. The van der Waals surface area contributed by atoms with Crippen molar-refractivity contribution >= 4 is 21.6 Å². The first-order chi connectivity index (χ1) is 12.8. The van der Waals surface area contributed by atoms with Crippen LogP contribution < -0.4 is 9.62 Å². The Morgan fingerprint density at radius 3 is 2.37 bits per heavy atom. The van der Waals surface area contributed by atoms with Crippen molar-refractivity contribution in [2.45, 2.75) is 39.7 Å². The van der Waals surface area contributed by atoms with E-state index in [1.54, 1.807) is 24.3 Å². The fourth-order valence-electron chi connectivity index (χ4n) is 3.26. The van der Waals surface area contributed by atoms with Crippen LogP contribution in [0.5, 0.6) is 0 Å². The number of carbonyl (C=O) groups excluding carboxylic acids is 1. The van der Waals surface area contributed by atoms with Gasteiger partial charge in [0.1, 0.15) is 0 Å². The molecule has 27 heavy (non-hydrogen) atoms. The van der Waals surface area contributed by atoms with Crippen LogP contribution in [0.1, 0.15) is 52.9 Å². The Labute approximate surface area is 161 Å². The predicted molar refractivity (Wildman–Crippen MR) is 109 cm³/mol. The summed E-state index contributed by atoms with van der Waals surface area (Å²) < 4.78 is 25.8. The van der Waals surface area contributed by atoms with E-state index in [0.717, 1.165) is 12.0 Å². The van der Waals surface area contributed by atoms with Gasteiger partial charge in [-0.2, -0.15) is 0 Å². The molecule has 1 atom stereocenters. The summed E-state index contributed by atoms with van der Waals surface area (Å²) in [5, 5.41) is 3.00. The number of anilines is 1. The van der Waals surface area contributed by atoms with Crippen molar-refractivity contribution in [3.05, 3.63) is 64.7 Å². The number of aryl methyl sites for hydroxylation is 2. The molecule has 0 aromatic heterocycles. The van der Waals surface area contributed by atoms with E-state index in [0.29, 0.717) is 24.2 Å². The van der Waals surface area contributed by atoms with Gasteiger partial charge in [0, 0.05) is 12.1 Å². The molecule has 1 aliphatic rings. The quantitative estimate of drug-likeness (QED) is 0.871. The number of amides is 1. The molecule has 144 valence electrons. The molecule has 0 saturated carbocycles. The molecule has 6 heteroatoms. The number of sulfonamides is 1. The first-order valence-electron chi connectivity index (χ1n) is 9.26. The van der Waals surface area contributed by atoms with Gasteiger partial charge in [0.05, 0.1) is 17.5 Å². The standard InChI is InChI=1S/C21H26N2O3S/c1-15-6-7-19(14-16(15)2)17(3)22-21(24)18-8-10-20(11-9-18)23-12-4-5-13-27(23,25)26/h6-11,14,17H,4-5,12-13H2,1-3H3,(H,22,24)/t17-/m1/s1. The van der Waals surface area contributed by atoms with Gasteiger partial charge in [-0.15, -0.1) is 0 Å². The zero-order valence-electron chi connectivity index (χ0n) is 16.0. The lowest BCUT2D eigenvalue weighted by Crippen LogP contribution is -2.37. The molecule has 1 N–H and O–H groups in total. The lowest BCUT2D eigenvalue weighted by atomic mass is 10.0. The van der Waals surface area contributed by atoms with Gasteiger partial charge in [-0.25, -0.2) is 8.42 Å². The van der Waals surface area contributed by atoms with Gasteiger partial charge in [0.25, 0.3) is 5.91 Å². The van der Waals surface area contributed by atoms with Crippen LogP contribution in [0.3, 0.4) is 0 Å². The van der Waals surface area contributed by atoms with E-state index >= 15 is 0 Å². The molecular formula is C21H26N2O3S. The van der Waals surface area contributed by atoms with Gasteiger partial charge < -0.3 is 5.32 Å². The van der Waals surface area contributed by atoms with Crippen LogP contribution in [0.4, 0.5) is 5.69 Å². The summed E-state index contributed by atoms with van der Waals surface area (Å²) in [6.45, 7) is 6.57. The van der Waals surface area contributed by atoms with Crippen LogP contribution in [0.2, 0.25) is 0 Å². The van der Waals surface area contributed by atoms with Crippen LogP contribution >= 0.6 is 0 Å². The molecule has 0 unspecified atom stereocenters. The van der Waals surface area contributed by atoms with Crippen LogP contribution in [-0.2, 0) is 10.0 Å². The summed E-state index contributed by atoms with van der Waals surface area (Å²) in [7, 11) is -3.24. The van der Waals surface area contributed by atoms with E-state index in [2.05, 4.69) is 31.3 Å². The van der Waals surface area contributed by atoms with E-state index < -0.39 is 10.0 Å². The predicted octanol–water partition coefficient (Wildman–Crippen LogP) is 3.72. The van der Waals surface area contributed by atoms with Gasteiger partial charge >= 0.3 is 0 Å². The number of hydrogen-bond acceptors (Lipinski definition) is 3. The topological polar surface area (TPSA) is 66.5 Å². The Kier molecular flexibility index (Phi) is 5.56. The summed E-state index contributed by atoms with van der Waals surface area (Å²) in [6.07, 6.45) is 1.56. The number of nitrogens with zero attached hydrogens (tertiary/aromatic N) is 1. The SMILES string of the molecule is Cc1ccc([C@@H](C)NC(=O)c2ccc(N3CCCCS3(=O)=O)cc2)cc1C. The normalized spacial score (nSPS) is 17.4. The van der Waals surface area contributed by atoms with E-state index in [1.165, 1.54) is 15.4 Å². The van der Waals surface area contributed by atoms with Gasteiger partial charge in [-0.05, 0) is 74.6 Å². The second kappa shape index (κ2) is 7.72. The van der Waals surface area contributed by atoms with Crippen LogP contribution in [0.15, 0.2) is 42.5 Å². The summed E-state index contributed by atoms with van der Waals surface area (Å²) in [5.41, 5.74) is 4.61. The molecule has 1 heterocycles. The molecule has 0 radical (unpaired) electrons. The fourth-order valence-corrected chi connectivity index (χ4v) is 4.89. The molecule has 0 aliphatic carbocycles. The molecule has 3 rings (SSSR count). The third kappa shape index (κ3) is 4.33. The molecule has 1 aliphatic heterocycles. The number of rotatable bonds is 4. The third-order valence-electron chi connectivity index (χ3n) is 5.15. The van der Waals surface area contributed by atoms with E-state index in [4.69, 9.17) is 0 Å². The Morgan fingerprint density at radius 2 is 1.74 bits per heavy atom. The Hall–Kier alpha value is -2.34. The molecule has 1 saturated heterocycles. The van der Waals surface area contributed by atoms with Gasteiger partial charge in [0.2, 0.25) is 10.0 Å². The molecule has 2 aromatic carbocycles. The first-order valence-corrected chi connectivity index (χ1v) is 10.9. The second-order valence-electron chi connectivity index (χ2n) is 7.18. The fraction of sp³-hybridized carbons (Fsp3) is 0.381. The zero-order chi connectivity index (χ0) is 19.6. The molecule has 0 spiro atoms. The molecule has 0 bridgehead atoms. The Morgan fingerprint density at radius 1 is 1.04 bits per heavy atom. The van der Waals surface area contributed by atoms with Crippen molar-refractivity contribution in [2.24, 2.45) is 0 Å². The molecular weight excluding hydrogens is 360 g/mol. The highest BCUT2D eigenvalue weighted by molar-refractivity contribution is 7.92. The van der Waals surface area contributed by atoms with Crippen LogP contribution in [0.25, 0.3) is 0 Å². The first kappa shape index (κ1) is 19.4. The van der Waals surface area contributed by atoms with Crippen molar-refractivity contribution in [1.82, 2.24) is 5.32 Å². The lowest BCUT2D eigenvalue weighted by Gasteiger charge is -2.28. The van der Waals surface area contributed by atoms with Gasteiger partial charge in [-0.1, -0.05) is 18.2 Å². The minimum absolute atomic E-state index is 0.112. The average Bonchev–Trinajstić information content (AvgIpc) is 2.63. The minimum atomic E-state index is -3.24. The van der Waals surface area contributed by atoms with E-state index in [9.17, 15) is 13.2 Å². The highest BCUT2D eigenvalue weighted by atomic mass is 32.2. The van der Waals surface area contributed by atoms with Crippen LogP contribution in [-0.4, -0.2) is 26.6 Å². The highest BCUT2D eigenvalue weighted by Crippen LogP contribution is 2.24. The summed E-state index contributed by atoms with van der Waals surface area (Å²) in [4.78, 5) is 12.6. The summed E-state index contributed by atoms with van der Waals surface area (Å²) >= 11 is 0. The third-order valence-corrected chi connectivity index (χ3v) is 7.01. The van der Waals surface area contributed by atoms with Crippen molar-refractivity contribution in [2.75, 3.05) is 16.6 Å². The number of benzene rings is 2. The maximum atomic E-state index is 12.6. The molecule has 1 fully saturated rings. The van der Waals surface area contributed by atoms with Crippen LogP contribution in [0, 0.1) is 13.8 Å². The Balaban J connectivity index is 1.71.